The molecule has 1 rings (SSSR count). The van der Waals surface area contributed by atoms with Crippen LogP contribution in [0.25, 0.3) is 0 Å². The van der Waals surface area contributed by atoms with Gasteiger partial charge in [0.2, 0.25) is 0 Å². The molecule has 5 heteroatoms. The average molecular weight is 226 g/mol. The van der Waals surface area contributed by atoms with Gasteiger partial charge in [-0.15, -0.1) is 0 Å². The van der Waals surface area contributed by atoms with Gasteiger partial charge >= 0.3 is 87.2 Å². The van der Waals surface area contributed by atoms with E-state index >= 15 is 0 Å². The summed E-state index contributed by atoms with van der Waals surface area (Å²) in [4.78, 5) is 3.99. The van der Waals surface area contributed by atoms with Crippen LogP contribution < -0.4 is 0 Å². The first-order valence-corrected chi connectivity index (χ1v) is 5.91. The van der Waals surface area contributed by atoms with E-state index in [-0.39, 0.29) is 13.2 Å². The summed E-state index contributed by atoms with van der Waals surface area (Å²) in [5.41, 5.74) is 1.75. The Balaban J connectivity index is 3.12. The van der Waals surface area contributed by atoms with Crippen molar-refractivity contribution in [2.45, 2.75) is 13.2 Å². The number of rotatable bonds is 2. The van der Waals surface area contributed by atoms with E-state index in [1.54, 1.807) is 12.1 Å². The van der Waals surface area contributed by atoms with Crippen molar-refractivity contribution in [1.82, 2.24) is 4.98 Å². The Morgan fingerprint density at radius 3 is 2.29 bits per heavy atom. The molecule has 0 aliphatic carbocycles. The molecule has 0 radical (unpaired) electrons. The van der Waals surface area contributed by atoms with Crippen molar-refractivity contribution in [3.8, 4) is 11.2 Å². The molecule has 0 saturated carbocycles. The molecule has 0 saturated heterocycles. The Kier molecular flexibility index (Phi) is 4.92. The second-order valence-electron chi connectivity index (χ2n) is 2.49. The minimum absolute atomic E-state index is 0.152. The van der Waals surface area contributed by atoms with Crippen LogP contribution in [0.2, 0.25) is 0 Å². The topological polar surface area (TPSA) is 53.4 Å². The van der Waals surface area contributed by atoms with E-state index in [2.05, 4.69) is 24.0 Å². The maximum absolute atomic E-state index is 8.90. The molecule has 0 bridgehead atoms. The zero-order chi connectivity index (χ0) is 10.4. The van der Waals surface area contributed by atoms with E-state index in [1.165, 1.54) is 0 Å². The number of aliphatic hydroxyl groups excluding tert-OH is 2. The zero-order valence-corrected chi connectivity index (χ0v) is 9.09. The van der Waals surface area contributed by atoms with Gasteiger partial charge in [-0.25, -0.2) is 0 Å². The van der Waals surface area contributed by atoms with Crippen LogP contribution in [0.4, 0.5) is 0 Å². The molecule has 14 heavy (non-hydrogen) atoms. The Labute approximate surface area is 87.6 Å². The second-order valence-corrected chi connectivity index (χ2v) is 3.52. The predicted octanol–water partition coefficient (Wildman–Crippen LogP) is 0.516. The molecular weight excluding hydrogens is 217 g/mol. The van der Waals surface area contributed by atoms with Crippen LogP contribution >= 0.6 is 7.81 Å². The molecule has 0 atom stereocenters. The standard InChI is InChI=1S/C9H9NO2PS/c11-5-8-3-7(1-2-14-13)4-9(6-12)10-8/h3-4,11-12,14H,5-6H2/q-1. The zero-order valence-electron chi connectivity index (χ0n) is 7.30. The number of thiol groups is 1. The Bertz CT molecular complexity index is 408. The number of aliphatic hydroxyl groups is 2. The predicted molar refractivity (Wildman–Crippen MR) is 58.6 cm³/mol. The fraction of sp³-hybridized carbons (Fsp3) is 0.222. The quantitative estimate of drug-likeness (QED) is 0.334. The van der Waals surface area contributed by atoms with Crippen molar-refractivity contribution >= 4 is 18.6 Å². The molecule has 74 valence electrons. The first kappa shape index (κ1) is 11.5. The van der Waals surface area contributed by atoms with E-state index < -0.39 is 0 Å². The number of hydrogen-bond donors (Lipinski definition) is 2. The summed E-state index contributed by atoms with van der Waals surface area (Å²) in [6.07, 6.45) is 0. The van der Waals surface area contributed by atoms with E-state index in [4.69, 9.17) is 10.2 Å². The number of aromatic nitrogens is 1. The van der Waals surface area contributed by atoms with Gasteiger partial charge in [-0.2, -0.15) is 0 Å². The molecule has 0 fully saturated rings. The SMILES string of the molecule is OCc1cc(C#C[SH-]#P)cc(CO)n1. The molecule has 2 N–H and O–H groups in total. The Morgan fingerprint density at radius 1 is 1.29 bits per heavy atom. The van der Waals surface area contributed by atoms with Gasteiger partial charge in [0.15, 0.2) is 0 Å². The number of nitrogens with zero attached hydrogens (tertiary/aromatic N) is 1. The first-order valence-electron chi connectivity index (χ1n) is 3.87. The Hall–Kier alpha value is -0.590. The summed E-state index contributed by atoms with van der Waals surface area (Å²) in [6, 6.07) is 3.37. The van der Waals surface area contributed by atoms with E-state index in [0.717, 1.165) is 5.56 Å². The molecule has 1 aromatic heterocycles. The van der Waals surface area contributed by atoms with Crippen LogP contribution in [0.15, 0.2) is 12.1 Å². The van der Waals surface area contributed by atoms with Gasteiger partial charge in [-0.05, 0) is 0 Å². The molecule has 1 heterocycles. The van der Waals surface area contributed by atoms with Crippen LogP contribution in [0, 0.1) is 11.2 Å². The summed E-state index contributed by atoms with van der Waals surface area (Å²) in [5, 5.41) is 20.6. The van der Waals surface area contributed by atoms with Crippen LogP contribution in [-0.2, 0) is 24.0 Å². The molecule has 1 aromatic rings. The van der Waals surface area contributed by atoms with Gasteiger partial charge in [0.05, 0.1) is 0 Å². The fourth-order valence-corrected chi connectivity index (χ4v) is 1.30. The van der Waals surface area contributed by atoms with Gasteiger partial charge in [0.1, 0.15) is 0 Å². The molecule has 3 nitrogen and oxygen atoms in total. The molecular formula is C9H9NO2PS-. The van der Waals surface area contributed by atoms with Crippen LogP contribution in [0.5, 0.6) is 0 Å². The Morgan fingerprint density at radius 2 is 1.86 bits per heavy atom. The van der Waals surface area contributed by atoms with E-state index in [0.29, 0.717) is 22.1 Å². The molecule has 0 aromatic carbocycles. The molecule has 0 amide bonds. The van der Waals surface area contributed by atoms with Gasteiger partial charge in [0, 0.05) is 0 Å². The van der Waals surface area contributed by atoms with Crippen molar-refractivity contribution in [3.63, 3.8) is 0 Å². The van der Waals surface area contributed by atoms with Crippen molar-refractivity contribution in [2.75, 3.05) is 0 Å². The molecule has 0 aliphatic rings. The summed E-state index contributed by atoms with van der Waals surface area (Å²) >= 11 is 0. The van der Waals surface area contributed by atoms with E-state index in [9.17, 15) is 0 Å². The second kappa shape index (κ2) is 6.00. The van der Waals surface area contributed by atoms with Gasteiger partial charge < -0.3 is 0 Å². The van der Waals surface area contributed by atoms with Gasteiger partial charge in [-0.3, -0.25) is 0 Å². The van der Waals surface area contributed by atoms with E-state index in [1.807, 2.05) is 0 Å². The molecule has 0 spiro atoms. The van der Waals surface area contributed by atoms with Crippen molar-refractivity contribution in [1.29, 1.82) is 0 Å². The molecule has 0 unspecified atom stereocenters. The minimum atomic E-state index is -0.152. The van der Waals surface area contributed by atoms with Crippen LogP contribution in [0.3, 0.4) is 0 Å². The summed E-state index contributed by atoms with van der Waals surface area (Å²) < 4.78 is 0. The van der Waals surface area contributed by atoms with Crippen molar-refractivity contribution < 1.29 is 10.2 Å². The van der Waals surface area contributed by atoms with Crippen molar-refractivity contribution in [2.24, 2.45) is 0 Å². The van der Waals surface area contributed by atoms with Gasteiger partial charge in [0.25, 0.3) is 0 Å². The summed E-state index contributed by atoms with van der Waals surface area (Å²) in [7, 11) is 4.62. The number of pyridine rings is 1. The van der Waals surface area contributed by atoms with Crippen LogP contribution in [0.1, 0.15) is 17.0 Å². The molecule has 0 aliphatic heterocycles. The normalized spacial score (nSPS) is 9.21. The fourth-order valence-electron chi connectivity index (χ4n) is 0.973. The number of hydrogen-bond acceptors (Lipinski definition) is 4. The third-order valence-corrected chi connectivity index (χ3v) is 2.02. The van der Waals surface area contributed by atoms with Crippen molar-refractivity contribution in [3.05, 3.63) is 29.1 Å². The van der Waals surface area contributed by atoms with Gasteiger partial charge in [-0.1, -0.05) is 0 Å². The maximum atomic E-state index is 8.90. The summed E-state index contributed by atoms with van der Waals surface area (Å²) in [5.74, 6) is 2.84. The third kappa shape index (κ3) is 3.28. The third-order valence-electron chi connectivity index (χ3n) is 1.51. The van der Waals surface area contributed by atoms with Crippen LogP contribution in [-0.4, -0.2) is 15.2 Å². The summed E-state index contributed by atoms with van der Waals surface area (Å²) in [6.45, 7) is -0.303. The monoisotopic (exact) mass is 226 g/mol. The first-order chi connectivity index (χ1) is 6.80. The average Bonchev–Trinajstić information content (AvgIpc) is 2.25.